The Morgan fingerprint density at radius 3 is 2.52 bits per heavy atom. The van der Waals surface area contributed by atoms with Crippen LogP contribution in [0.4, 0.5) is 5.00 Å². The van der Waals surface area contributed by atoms with Gasteiger partial charge in [0.2, 0.25) is 0 Å². The fourth-order valence-electron chi connectivity index (χ4n) is 1.92. The lowest BCUT2D eigenvalue weighted by molar-refractivity contribution is 0.0528. The molecular weight excluding hydrogens is 338 g/mol. The molecule has 0 spiro atoms. The van der Waals surface area contributed by atoms with Crippen LogP contribution in [0.2, 0.25) is 0 Å². The van der Waals surface area contributed by atoms with Gasteiger partial charge in [-0.25, -0.2) is 13.2 Å². The lowest BCUT2D eigenvalue weighted by atomic mass is 10.2. The van der Waals surface area contributed by atoms with Crippen molar-refractivity contribution >= 4 is 38.1 Å². The molecule has 2 aromatic rings. The van der Waals surface area contributed by atoms with Crippen LogP contribution in [0.3, 0.4) is 0 Å². The van der Waals surface area contributed by atoms with E-state index in [1.54, 1.807) is 30.5 Å². The van der Waals surface area contributed by atoms with E-state index in [4.69, 9.17) is 4.74 Å². The smallest absolute Gasteiger partial charge is 0.341 e. The van der Waals surface area contributed by atoms with Crippen molar-refractivity contribution in [2.24, 2.45) is 0 Å². The van der Waals surface area contributed by atoms with Gasteiger partial charge in [0.25, 0.3) is 5.91 Å². The zero-order valence-electron chi connectivity index (χ0n) is 12.5. The molecular formula is C15H15NO5S2. The predicted octanol–water partition coefficient (Wildman–Crippen LogP) is 2.58. The lowest BCUT2D eigenvalue weighted by Crippen LogP contribution is -2.17. The van der Waals surface area contributed by atoms with Crippen molar-refractivity contribution in [3.05, 3.63) is 46.8 Å². The quantitative estimate of drug-likeness (QED) is 0.835. The lowest BCUT2D eigenvalue weighted by Gasteiger charge is -2.09. The first-order valence-electron chi connectivity index (χ1n) is 6.69. The molecule has 1 aromatic carbocycles. The van der Waals surface area contributed by atoms with Gasteiger partial charge in [-0.1, -0.05) is 12.1 Å². The third-order valence-corrected chi connectivity index (χ3v) is 4.90. The first-order chi connectivity index (χ1) is 10.8. The molecule has 2 rings (SSSR count). The molecule has 0 unspecified atom stereocenters. The number of sulfone groups is 1. The Balaban J connectivity index is 2.32. The summed E-state index contributed by atoms with van der Waals surface area (Å²) in [7, 11) is -3.54. The average Bonchev–Trinajstić information content (AvgIpc) is 2.95. The van der Waals surface area contributed by atoms with E-state index in [1.807, 2.05) is 0 Å². The number of nitrogens with one attached hydrogen (secondary N) is 1. The molecule has 8 heteroatoms. The Bertz CT molecular complexity index is 839. The highest BCUT2D eigenvalue weighted by Crippen LogP contribution is 2.25. The van der Waals surface area contributed by atoms with Gasteiger partial charge in [0.05, 0.1) is 22.6 Å². The number of carbonyl (C=O) groups excluding carboxylic acids is 2. The highest BCUT2D eigenvalue weighted by Gasteiger charge is 2.21. The van der Waals surface area contributed by atoms with Gasteiger partial charge in [0, 0.05) is 6.26 Å². The maximum Gasteiger partial charge on any atom is 0.341 e. The number of thiophene rings is 1. The van der Waals surface area contributed by atoms with Crippen LogP contribution in [0.5, 0.6) is 0 Å². The molecule has 6 nitrogen and oxygen atoms in total. The molecule has 0 atom stereocenters. The normalized spacial score (nSPS) is 11.0. The summed E-state index contributed by atoms with van der Waals surface area (Å²) in [5.74, 6) is -1.14. The van der Waals surface area contributed by atoms with E-state index in [9.17, 15) is 18.0 Å². The summed E-state index contributed by atoms with van der Waals surface area (Å²) >= 11 is 1.16. The van der Waals surface area contributed by atoms with Crippen LogP contribution in [0.1, 0.15) is 27.6 Å². The zero-order valence-corrected chi connectivity index (χ0v) is 14.2. The Labute approximate surface area is 138 Å². The van der Waals surface area contributed by atoms with Crippen molar-refractivity contribution < 1.29 is 22.7 Å². The summed E-state index contributed by atoms with van der Waals surface area (Å²) in [6.45, 7) is 1.91. The topological polar surface area (TPSA) is 89.5 Å². The van der Waals surface area contributed by atoms with Crippen molar-refractivity contribution in [3.63, 3.8) is 0 Å². The second kappa shape index (κ2) is 6.93. The minimum atomic E-state index is -3.54. The molecule has 0 aliphatic carbocycles. The SMILES string of the molecule is CCOC(=O)c1ccsc1NC(=O)c1ccccc1S(C)(=O)=O. The van der Waals surface area contributed by atoms with Gasteiger partial charge in [0.15, 0.2) is 9.84 Å². The van der Waals surface area contributed by atoms with E-state index in [1.165, 1.54) is 12.1 Å². The molecule has 1 N–H and O–H groups in total. The molecule has 23 heavy (non-hydrogen) atoms. The molecule has 122 valence electrons. The molecule has 1 aromatic heterocycles. The largest absolute Gasteiger partial charge is 0.462 e. The molecule has 0 radical (unpaired) electrons. The van der Waals surface area contributed by atoms with Crippen molar-refractivity contribution in [3.8, 4) is 0 Å². The molecule has 0 bridgehead atoms. The van der Waals surface area contributed by atoms with Crippen molar-refractivity contribution in [1.82, 2.24) is 0 Å². The molecule has 0 fully saturated rings. The van der Waals surface area contributed by atoms with Crippen molar-refractivity contribution in [2.45, 2.75) is 11.8 Å². The van der Waals surface area contributed by atoms with E-state index in [-0.39, 0.29) is 22.6 Å². The monoisotopic (exact) mass is 353 g/mol. The molecule has 0 aliphatic heterocycles. The van der Waals surface area contributed by atoms with Crippen molar-refractivity contribution in [1.29, 1.82) is 0 Å². The number of ether oxygens (including phenoxy) is 1. The maximum atomic E-state index is 12.4. The highest BCUT2D eigenvalue weighted by molar-refractivity contribution is 7.90. The van der Waals surface area contributed by atoms with Crippen LogP contribution in [0.15, 0.2) is 40.6 Å². The summed E-state index contributed by atoms with van der Waals surface area (Å²) in [4.78, 5) is 24.1. The fourth-order valence-corrected chi connectivity index (χ4v) is 3.58. The van der Waals surface area contributed by atoms with Gasteiger partial charge in [-0.05, 0) is 30.5 Å². The standard InChI is InChI=1S/C15H15NO5S2/c1-3-21-15(18)11-8-9-22-14(11)16-13(17)10-6-4-5-7-12(10)23(2,19)20/h4-9H,3H2,1-2H3,(H,16,17). The van der Waals surface area contributed by atoms with Gasteiger partial charge in [-0.15, -0.1) is 11.3 Å². The Morgan fingerprint density at radius 1 is 1.17 bits per heavy atom. The molecule has 0 aliphatic rings. The Morgan fingerprint density at radius 2 is 1.87 bits per heavy atom. The number of hydrogen-bond acceptors (Lipinski definition) is 6. The van der Waals surface area contributed by atoms with Crippen LogP contribution in [0.25, 0.3) is 0 Å². The second-order valence-corrected chi connectivity index (χ2v) is 7.51. The van der Waals surface area contributed by atoms with Crippen LogP contribution < -0.4 is 5.32 Å². The first kappa shape index (κ1) is 17.2. The minimum absolute atomic E-state index is 0.0261. The van der Waals surface area contributed by atoms with Gasteiger partial charge in [0.1, 0.15) is 5.00 Å². The van der Waals surface area contributed by atoms with Gasteiger partial charge in [-0.2, -0.15) is 0 Å². The Hall–Kier alpha value is -2.19. The summed E-state index contributed by atoms with van der Waals surface area (Å²) in [5.41, 5.74) is 0.264. The summed E-state index contributed by atoms with van der Waals surface area (Å²) in [6.07, 6.45) is 1.04. The number of hydrogen-bond donors (Lipinski definition) is 1. The first-order valence-corrected chi connectivity index (χ1v) is 9.46. The number of carbonyl (C=O) groups is 2. The van der Waals surface area contributed by atoms with Crippen LogP contribution in [0, 0.1) is 0 Å². The average molecular weight is 353 g/mol. The number of anilines is 1. The maximum absolute atomic E-state index is 12.4. The van der Waals surface area contributed by atoms with E-state index < -0.39 is 21.7 Å². The van der Waals surface area contributed by atoms with E-state index in [0.717, 1.165) is 17.6 Å². The third-order valence-electron chi connectivity index (χ3n) is 2.92. The number of esters is 1. The van der Waals surface area contributed by atoms with Gasteiger partial charge >= 0.3 is 5.97 Å². The van der Waals surface area contributed by atoms with Crippen LogP contribution >= 0.6 is 11.3 Å². The molecule has 0 saturated heterocycles. The third kappa shape index (κ3) is 3.96. The van der Waals surface area contributed by atoms with E-state index in [0.29, 0.717) is 5.00 Å². The van der Waals surface area contributed by atoms with Gasteiger partial charge < -0.3 is 10.1 Å². The fraction of sp³-hybridized carbons (Fsp3) is 0.200. The molecule has 1 amide bonds. The number of rotatable bonds is 5. The molecule has 0 saturated carbocycles. The predicted molar refractivity (Wildman–Crippen MR) is 87.8 cm³/mol. The van der Waals surface area contributed by atoms with Crippen LogP contribution in [-0.4, -0.2) is 33.2 Å². The Kier molecular flexibility index (Phi) is 5.17. The second-order valence-electron chi connectivity index (χ2n) is 4.61. The summed E-state index contributed by atoms with van der Waals surface area (Å²) in [6, 6.07) is 7.45. The van der Waals surface area contributed by atoms with Crippen molar-refractivity contribution in [2.75, 3.05) is 18.2 Å². The summed E-state index contributed by atoms with van der Waals surface area (Å²) < 4.78 is 28.5. The highest BCUT2D eigenvalue weighted by atomic mass is 32.2. The zero-order chi connectivity index (χ0) is 17.0. The number of amides is 1. The molecule has 1 heterocycles. The van der Waals surface area contributed by atoms with Gasteiger partial charge in [-0.3, -0.25) is 4.79 Å². The minimum Gasteiger partial charge on any atom is -0.462 e. The summed E-state index contributed by atoms with van der Waals surface area (Å²) in [5, 5.41) is 4.53. The number of benzene rings is 1. The van der Waals surface area contributed by atoms with Crippen LogP contribution in [-0.2, 0) is 14.6 Å². The van der Waals surface area contributed by atoms with E-state index >= 15 is 0 Å². The van der Waals surface area contributed by atoms with E-state index in [2.05, 4.69) is 5.32 Å².